The largest absolute Gasteiger partial charge is 0.435 e. The molecule has 24 heavy (non-hydrogen) atoms. The van der Waals surface area contributed by atoms with Crippen molar-refractivity contribution < 1.29 is 17.9 Å². The SMILES string of the molecule is FC(F)Oc1ccccc1CSc1nnc(-c2cccc(Cl)c2)o1. The molecule has 0 bridgehead atoms. The highest BCUT2D eigenvalue weighted by atomic mass is 35.5. The average Bonchev–Trinajstić information content (AvgIpc) is 3.02. The van der Waals surface area contributed by atoms with Gasteiger partial charge in [-0.3, -0.25) is 0 Å². The van der Waals surface area contributed by atoms with Crippen LogP contribution in [-0.2, 0) is 5.75 Å². The van der Waals surface area contributed by atoms with Crippen LogP contribution in [0.2, 0.25) is 5.02 Å². The predicted octanol–water partition coefficient (Wildman–Crippen LogP) is 5.28. The second kappa shape index (κ2) is 7.63. The molecule has 0 unspecified atom stereocenters. The number of nitrogens with zero attached hydrogens (tertiary/aromatic N) is 2. The van der Waals surface area contributed by atoms with E-state index in [2.05, 4.69) is 14.9 Å². The molecule has 0 aliphatic carbocycles. The molecule has 0 amide bonds. The number of alkyl halides is 2. The third kappa shape index (κ3) is 4.24. The van der Waals surface area contributed by atoms with Gasteiger partial charge in [0.25, 0.3) is 5.22 Å². The Morgan fingerprint density at radius 1 is 1.12 bits per heavy atom. The van der Waals surface area contributed by atoms with E-state index >= 15 is 0 Å². The Hall–Kier alpha value is -2.12. The number of ether oxygens (including phenoxy) is 1. The van der Waals surface area contributed by atoms with E-state index in [1.807, 2.05) is 0 Å². The molecule has 4 nitrogen and oxygen atoms in total. The van der Waals surface area contributed by atoms with Gasteiger partial charge in [-0.25, -0.2) is 0 Å². The van der Waals surface area contributed by atoms with Gasteiger partial charge in [0.05, 0.1) is 0 Å². The fourth-order valence-electron chi connectivity index (χ4n) is 1.98. The molecule has 3 rings (SSSR count). The predicted molar refractivity (Wildman–Crippen MR) is 87.4 cm³/mol. The normalized spacial score (nSPS) is 11.0. The third-order valence-electron chi connectivity index (χ3n) is 3.02. The zero-order chi connectivity index (χ0) is 16.9. The summed E-state index contributed by atoms with van der Waals surface area (Å²) in [6.07, 6.45) is 0. The first kappa shape index (κ1) is 16.7. The molecule has 0 aliphatic rings. The molecular weight excluding hydrogens is 358 g/mol. The maximum Gasteiger partial charge on any atom is 0.387 e. The smallest absolute Gasteiger partial charge is 0.387 e. The van der Waals surface area contributed by atoms with E-state index in [-0.39, 0.29) is 5.75 Å². The Kier molecular flexibility index (Phi) is 5.32. The second-order valence-corrected chi connectivity index (χ2v) is 6.02. The summed E-state index contributed by atoms with van der Waals surface area (Å²) in [5.41, 5.74) is 1.33. The van der Waals surface area contributed by atoms with Crippen molar-refractivity contribution in [3.63, 3.8) is 0 Å². The van der Waals surface area contributed by atoms with Crippen LogP contribution in [-0.4, -0.2) is 16.8 Å². The highest BCUT2D eigenvalue weighted by Crippen LogP contribution is 2.30. The molecule has 0 fully saturated rings. The van der Waals surface area contributed by atoms with Gasteiger partial charge in [0.2, 0.25) is 5.89 Å². The molecule has 1 aromatic heterocycles. The molecule has 0 spiro atoms. The van der Waals surface area contributed by atoms with Gasteiger partial charge in [-0.1, -0.05) is 47.6 Å². The Bertz CT molecular complexity index is 829. The molecule has 2 aromatic carbocycles. The number of aromatic nitrogens is 2. The first-order chi connectivity index (χ1) is 11.6. The van der Waals surface area contributed by atoms with Crippen LogP contribution in [0.3, 0.4) is 0 Å². The van der Waals surface area contributed by atoms with Crippen LogP contribution < -0.4 is 4.74 Å². The quantitative estimate of drug-likeness (QED) is 0.554. The Labute approximate surface area is 145 Å². The lowest BCUT2D eigenvalue weighted by molar-refractivity contribution is -0.0503. The highest BCUT2D eigenvalue weighted by molar-refractivity contribution is 7.98. The van der Waals surface area contributed by atoms with Crippen LogP contribution in [0.5, 0.6) is 5.75 Å². The second-order valence-electron chi connectivity index (χ2n) is 4.66. The maximum absolute atomic E-state index is 12.4. The summed E-state index contributed by atoms with van der Waals surface area (Å²) >= 11 is 7.17. The fraction of sp³-hybridized carbons (Fsp3) is 0.125. The van der Waals surface area contributed by atoms with Gasteiger partial charge >= 0.3 is 6.61 Å². The summed E-state index contributed by atoms with van der Waals surface area (Å²) < 4.78 is 34.9. The van der Waals surface area contributed by atoms with Crippen molar-refractivity contribution in [1.29, 1.82) is 0 Å². The minimum absolute atomic E-state index is 0.134. The number of para-hydroxylation sites is 1. The van der Waals surface area contributed by atoms with Crippen LogP contribution in [0.1, 0.15) is 5.56 Å². The lowest BCUT2D eigenvalue weighted by Gasteiger charge is -2.09. The molecule has 1 heterocycles. The van der Waals surface area contributed by atoms with Gasteiger partial charge < -0.3 is 9.15 Å². The van der Waals surface area contributed by atoms with Gasteiger partial charge in [-0.15, -0.1) is 10.2 Å². The van der Waals surface area contributed by atoms with E-state index in [1.165, 1.54) is 17.8 Å². The maximum atomic E-state index is 12.4. The molecule has 0 saturated heterocycles. The number of thioether (sulfide) groups is 1. The van der Waals surface area contributed by atoms with Crippen LogP contribution in [0.25, 0.3) is 11.5 Å². The highest BCUT2D eigenvalue weighted by Gasteiger charge is 2.13. The van der Waals surface area contributed by atoms with E-state index in [0.717, 1.165) is 0 Å². The van der Waals surface area contributed by atoms with Crippen molar-refractivity contribution in [3.8, 4) is 17.2 Å². The van der Waals surface area contributed by atoms with Crippen LogP contribution in [0.15, 0.2) is 58.2 Å². The Balaban J connectivity index is 1.70. The monoisotopic (exact) mass is 368 g/mol. The zero-order valence-corrected chi connectivity index (χ0v) is 13.7. The first-order valence-electron chi connectivity index (χ1n) is 6.87. The van der Waals surface area contributed by atoms with Crippen LogP contribution >= 0.6 is 23.4 Å². The summed E-state index contributed by atoms with van der Waals surface area (Å²) in [6, 6.07) is 13.6. The minimum atomic E-state index is -2.87. The summed E-state index contributed by atoms with van der Waals surface area (Å²) in [4.78, 5) is 0. The number of hydrogen-bond acceptors (Lipinski definition) is 5. The van der Waals surface area contributed by atoms with Crippen molar-refractivity contribution in [1.82, 2.24) is 10.2 Å². The minimum Gasteiger partial charge on any atom is -0.435 e. The number of benzene rings is 2. The van der Waals surface area contributed by atoms with E-state index in [1.54, 1.807) is 42.5 Å². The van der Waals surface area contributed by atoms with E-state index in [4.69, 9.17) is 16.0 Å². The summed E-state index contributed by atoms with van der Waals surface area (Å²) in [7, 11) is 0. The van der Waals surface area contributed by atoms with Crippen molar-refractivity contribution in [2.24, 2.45) is 0 Å². The number of halogens is 3. The van der Waals surface area contributed by atoms with Crippen molar-refractivity contribution in [3.05, 3.63) is 59.1 Å². The van der Waals surface area contributed by atoms with Gasteiger partial charge in [0.1, 0.15) is 5.75 Å². The van der Waals surface area contributed by atoms with E-state index in [0.29, 0.717) is 33.0 Å². The number of hydrogen-bond donors (Lipinski definition) is 0. The fourth-order valence-corrected chi connectivity index (χ4v) is 2.92. The Morgan fingerprint density at radius 2 is 1.96 bits per heavy atom. The van der Waals surface area contributed by atoms with Crippen molar-refractivity contribution >= 4 is 23.4 Å². The van der Waals surface area contributed by atoms with E-state index in [9.17, 15) is 8.78 Å². The van der Waals surface area contributed by atoms with Crippen molar-refractivity contribution in [2.45, 2.75) is 17.6 Å². The van der Waals surface area contributed by atoms with Gasteiger partial charge in [0.15, 0.2) is 0 Å². The van der Waals surface area contributed by atoms with Crippen molar-refractivity contribution in [2.75, 3.05) is 0 Å². The molecule has 3 aromatic rings. The van der Waals surface area contributed by atoms with Gasteiger partial charge in [-0.2, -0.15) is 8.78 Å². The Morgan fingerprint density at radius 3 is 2.75 bits per heavy atom. The van der Waals surface area contributed by atoms with Crippen LogP contribution in [0.4, 0.5) is 8.78 Å². The molecule has 124 valence electrons. The molecular formula is C16H11ClF2N2O2S. The van der Waals surface area contributed by atoms with E-state index < -0.39 is 6.61 Å². The molecule has 8 heteroatoms. The standard InChI is InChI=1S/C16H11ClF2N2O2S/c17-12-6-3-5-10(8-12)14-20-21-16(23-14)24-9-11-4-1-2-7-13(11)22-15(18)19/h1-8,15H,9H2. The molecule has 0 aliphatic heterocycles. The molecule has 0 N–H and O–H groups in total. The zero-order valence-electron chi connectivity index (χ0n) is 12.2. The number of rotatable bonds is 6. The van der Waals surface area contributed by atoms with Gasteiger partial charge in [-0.05, 0) is 24.3 Å². The van der Waals surface area contributed by atoms with Crippen LogP contribution in [0, 0.1) is 0 Å². The summed E-state index contributed by atoms with van der Waals surface area (Å²) in [5.74, 6) is 0.840. The van der Waals surface area contributed by atoms with Gasteiger partial charge in [0, 0.05) is 21.9 Å². The first-order valence-corrected chi connectivity index (χ1v) is 8.23. The third-order valence-corrected chi connectivity index (χ3v) is 4.12. The summed E-state index contributed by atoms with van der Waals surface area (Å²) in [5, 5.41) is 8.80. The average molecular weight is 369 g/mol. The molecule has 0 saturated carbocycles. The lowest BCUT2D eigenvalue weighted by atomic mass is 10.2. The molecule has 0 atom stereocenters. The topological polar surface area (TPSA) is 48.2 Å². The summed E-state index contributed by atoms with van der Waals surface area (Å²) in [6.45, 7) is -2.87. The lowest BCUT2D eigenvalue weighted by Crippen LogP contribution is -2.03. The molecule has 0 radical (unpaired) electrons.